The largest absolute Gasteiger partial charge is 0.507 e. The number of aryl methyl sites for hydroxylation is 3. The molecule has 136 heavy (non-hydrogen) atoms. The van der Waals surface area contributed by atoms with Gasteiger partial charge in [0.2, 0.25) is 0 Å². The average Bonchev–Trinajstić information content (AvgIpc) is 1.59. The van der Waals surface area contributed by atoms with E-state index >= 15 is 0 Å². The average molecular weight is 2140 g/mol. The summed E-state index contributed by atoms with van der Waals surface area (Å²) in [4.78, 5) is 21.0. The Hall–Kier alpha value is -13.5. The fourth-order valence-corrected chi connectivity index (χ4v) is 18.4. The standard InChI is InChI=1S/C67H62N3O.C59H54N3O.2Pt/c1-42(2)45-27-29-47(30-28-45)49-33-34-68-59(40-49)53-38-51(46-19-13-11-14-20-46)37-52(39-53)56-24-18-26-61-63(56)69-65(57-41-54(66(5,6)7)36-44(4)64(57)71)70(61)60-32-31-50(35-43(60)3)62-55(48-21-15-12-16-22-48)23-17-25-58(62)67(8,9)10;1-37(2)40-22-24-42(25-23-40)45-28-29-60-53(35-45)48-32-46(41-16-11-9-12-17-41)31-47(33-48)50-20-15-21-55-56(50)61-58(52-36-49(59(6,7)8)30-39(5)57(52)63)62(55)54-27-26-44(38(3)4)34-51(54)43-18-13-10-14-19-43;;/h11-38,40-42,71H,1-10H3;9-32,34-38,63H,1-8H3;;/q2*-1;;/i42D;37D,38D;;. The SMILES string of the molecule is [2H]C(C)(C)c1ccc(-c2ccnc(-c3[c-]c(-c4cccc5c4nc(-c4cc(C(C)(C)C)cc(C)c4O)n5-c4ccc(-c5c(-c6ccccc6)cccc5C(C)(C)C)cc4C)cc(-c4ccccc4)c3)c2)cc1.[2H]C(C)(C)c1ccc(-c2ccnc(-c3[c-]c(-c4cccc5c4nc(-c4cc(C(C)(C)C)cc(C)c4O)n5-c4ccc(C([2H])(C)C)cc4-c4ccccc4)cc(-c4ccccc4)c3)c2)cc1.[Pt].[Pt]. The molecule has 0 bridgehead atoms. The van der Waals surface area contributed by atoms with Crippen LogP contribution in [0.2, 0.25) is 0 Å². The predicted octanol–water partition coefficient (Wildman–Crippen LogP) is 33.7. The van der Waals surface area contributed by atoms with Gasteiger partial charge in [-0.1, -0.05) is 386 Å². The van der Waals surface area contributed by atoms with Crippen molar-refractivity contribution in [3.05, 3.63) is 408 Å². The molecule has 0 atom stereocenters. The monoisotopic (exact) mass is 2140 g/mol. The summed E-state index contributed by atoms with van der Waals surface area (Å²) in [5.74, 6) is -0.529. The van der Waals surface area contributed by atoms with Gasteiger partial charge in [0, 0.05) is 75.6 Å². The summed E-state index contributed by atoms with van der Waals surface area (Å²) in [5.41, 5.74) is 36.9. The van der Waals surface area contributed by atoms with Crippen molar-refractivity contribution in [3.8, 4) is 168 Å². The van der Waals surface area contributed by atoms with Crippen LogP contribution >= 0.6 is 0 Å². The molecular formula is C126H116N6O2Pt2-2. The molecule has 15 aromatic carbocycles. The van der Waals surface area contributed by atoms with Gasteiger partial charge in [-0.3, -0.25) is 19.1 Å². The molecule has 19 rings (SSSR count). The number of aromatic hydroxyl groups is 2. The van der Waals surface area contributed by atoms with Gasteiger partial charge >= 0.3 is 0 Å². The van der Waals surface area contributed by atoms with Gasteiger partial charge in [-0.2, -0.15) is 0 Å². The number of para-hydroxylation sites is 2. The van der Waals surface area contributed by atoms with Crippen LogP contribution < -0.4 is 0 Å². The number of nitrogens with zero attached hydrogens (tertiary/aromatic N) is 6. The molecule has 19 aromatic rings. The van der Waals surface area contributed by atoms with Crippen molar-refractivity contribution in [2.45, 2.75) is 159 Å². The molecule has 0 amide bonds. The van der Waals surface area contributed by atoms with E-state index in [9.17, 15) is 10.2 Å². The molecule has 0 saturated heterocycles. The zero-order valence-electron chi connectivity index (χ0n) is 83.6. The molecule has 0 saturated carbocycles. The van der Waals surface area contributed by atoms with Gasteiger partial charge < -0.3 is 10.2 Å². The minimum Gasteiger partial charge on any atom is -0.507 e. The molecule has 0 aliphatic heterocycles. The number of imidazole rings is 2. The Morgan fingerprint density at radius 1 is 0.294 bits per heavy atom. The van der Waals surface area contributed by atoms with Crippen LogP contribution in [0.3, 0.4) is 0 Å². The van der Waals surface area contributed by atoms with Crippen LogP contribution in [-0.2, 0) is 58.4 Å². The topological polar surface area (TPSA) is 102 Å². The molecular weight excluding hydrogens is 2020 g/mol. The molecule has 0 fully saturated rings. The van der Waals surface area contributed by atoms with E-state index in [1.165, 1.54) is 22.3 Å². The first-order valence-electron chi connectivity index (χ1n) is 47.9. The maximum atomic E-state index is 12.1. The molecule has 0 radical (unpaired) electrons. The molecule has 0 spiro atoms. The summed E-state index contributed by atoms with van der Waals surface area (Å²) in [5, 5.41) is 24.2. The first kappa shape index (κ1) is 91.6. The van der Waals surface area contributed by atoms with Crippen LogP contribution in [0.15, 0.2) is 346 Å². The van der Waals surface area contributed by atoms with E-state index in [-0.39, 0.29) is 69.9 Å². The van der Waals surface area contributed by atoms with E-state index in [1.54, 1.807) is 0 Å². The van der Waals surface area contributed by atoms with Gasteiger partial charge in [0.25, 0.3) is 0 Å². The third-order valence-electron chi connectivity index (χ3n) is 26.0. The summed E-state index contributed by atoms with van der Waals surface area (Å²) in [6, 6.07) is 124. The number of rotatable bonds is 18. The van der Waals surface area contributed by atoms with Gasteiger partial charge in [0.05, 0.1) is 44.6 Å². The number of benzene rings is 15. The number of hydrogen-bond acceptors (Lipinski definition) is 6. The molecule has 684 valence electrons. The van der Waals surface area contributed by atoms with E-state index in [0.717, 1.165) is 184 Å². The van der Waals surface area contributed by atoms with Gasteiger partial charge in [-0.25, -0.2) is 9.97 Å². The first-order chi connectivity index (χ1) is 65.3. The fourth-order valence-electron chi connectivity index (χ4n) is 18.4. The molecule has 2 N–H and O–H groups in total. The van der Waals surface area contributed by atoms with Crippen molar-refractivity contribution in [2.75, 3.05) is 0 Å². The number of hydrogen-bond donors (Lipinski definition) is 2. The van der Waals surface area contributed by atoms with Crippen molar-refractivity contribution in [1.82, 2.24) is 29.1 Å². The van der Waals surface area contributed by atoms with Gasteiger partial charge in [-0.15, -0.1) is 47.5 Å². The third-order valence-corrected chi connectivity index (χ3v) is 26.0. The van der Waals surface area contributed by atoms with Gasteiger partial charge in [0.1, 0.15) is 23.1 Å². The first-order valence-corrected chi connectivity index (χ1v) is 46.4. The molecule has 10 heteroatoms. The Kier molecular flexibility index (Phi) is 26.6. The Bertz CT molecular complexity index is 7780. The number of phenolic OH excluding ortho intramolecular Hbond substituents is 2. The molecule has 0 unspecified atom stereocenters. The Morgan fingerprint density at radius 3 is 1.07 bits per heavy atom. The maximum Gasteiger partial charge on any atom is 0.148 e. The predicted molar refractivity (Wildman–Crippen MR) is 562 cm³/mol. The summed E-state index contributed by atoms with van der Waals surface area (Å²) >= 11 is 0. The van der Waals surface area contributed by atoms with Crippen LogP contribution in [0, 0.1) is 32.9 Å². The summed E-state index contributed by atoms with van der Waals surface area (Å²) < 4.78 is 30.5. The fraction of sp³-hybridized carbons (Fsp3) is 0.190. The zero-order chi connectivity index (χ0) is 96.5. The molecule has 4 aromatic heterocycles. The van der Waals surface area contributed by atoms with Crippen LogP contribution in [0.1, 0.15) is 176 Å². The number of phenols is 2. The van der Waals surface area contributed by atoms with Crippen LogP contribution in [0.4, 0.5) is 0 Å². The Morgan fingerprint density at radius 2 is 0.662 bits per heavy atom. The third kappa shape index (κ3) is 19.6. The normalized spacial score (nSPS) is 12.3. The van der Waals surface area contributed by atoms with Crippen molar-refractivity contribution in [1.29, 1.82) is 0 Å². The van der Waals surface area contributed by atoms with Gasteiger partial charge in [-0.05, 0) is 227 Å². The summed E-state index contributed by atoms with van der Waals surface area (Å²) in [6.45, 7) is 37.6. The van der Waals surface area contributed by atoms with Crippen molar-refractivity contribution in [3.63, 3.8) is 0 Å². The van der Waals surface area contributed by atoms with E-state index in [4.69, 9.17) is 24.0 Å². The second-order valence-corrected chi connectivity index (χ2v) is 39.3. The van der Waals surface area contributed by atoms with Crippen molar-refractivity contribution in [2.24, 2.45) is 0 Å². The van der Waals surface area contributed by atoms with Crippen LogP contribution in [0.5, 0.6) is 11.5 Å². The van der Waals surface area contributed by atoms with E-state index < -0.39 is 17.7 Å². The minimum atomic E-state index is -0.832. The van der Waals surface area contributed by atoms with E-state index in [2.05, 4.69) is 351 Å². The Labute approximate surface area is 836 Å². The van der Waals surface area contributed by atoms with Crippen LogP contribution in [0.25, 0.3) is 179 Å². The van der Waals surface area contributed by atoms with Crippen LogP contribution in [-0.4, -0.2) is 39.3 Å². The van der Waals surface area contributed by atoms with E-state index in [1.807, 2.05) is 141 Å². The summed E-state index contributed by atoms with van der Waals surface area (Å²) in [6.07, 6.45) is 3.71. The summed E-state index contributed by atoms with van der Waals surface area (Å²) in [7, 11) is 0. The quantitative estimate of drug-likeness (QED) is 0.0830. The smallest absolute Gasteiger partial charge is 0.148 e. The Balaban J connectivity index is 0.000000199. The van der Waals surface area contributed by atoms with Crippen molar-refractivity contribution < 1.29 is 56.5 Å². The van der Waals surface area contributed by atoms with Crippen molar-refractivity contribution >= 4 is 22.1 Å². The number of fused-ring (bicyclic) bond motifs is 2. The molecule has 4 heterocycles. The number of aromatic nitrogens is 6. The maximum absolute atomic E-state index is 12.1. The van der Waals surface area contributed by atoms with Gasteiger partial charge in [0.15, 0.2) is 0 Å². The zero-order valence-corrected chi connectivity index (χ0v) is 85.2. The second kappa shape index (κ2) is 39.4. The second-order valence-electron chi connectivity index (χ2n) is 39.3. The number of pyridine rings is 2. The molecule has 0 aliphatic rings. The van der Waals surface area contributed by atoms with E-state index in [0.29, 0.717) is 22.8 Å². The minimum absolute atomic E-state index is 0. The molecule has 0 aliphatic carbocycles. The molecule has 8 nitrogen and oxygen atoms in total.